The first-order valence-corrected chi connectivity index (χ1v) is 12.6. The van der Waals surface area contributed by atoms with E-state index in [-0.39, 0.29) is 6.10 Å². The summed E-state index contributed by atoms with van der Waals surface area (Å²) < 4.78 is 13.9. The number of aryl methyl sites for hydroxylation is 3. The Labute approximate surface area is 191 Å². The van der Waals surface area contributed by atoms with Crippen molar-refractivity contribution in [1.29, 1.82) is 0 Å². The maximum Gasteiger partial charge on any atom is 0.232 e. The quantitative estimate of drug-likeness (QED) is 0.630. The molecule has 0 radical (unpaired) electrons. The van der Waals surface area contributed by atoms with Crippen molar-refractivity contribution in [1.82, 2.24) is 24.6 Å². The third kappa shape index (κ3) is 3.97. The third-order valence-electron chi connectivity index (χ3n) is 6.98. The molecule has 9 heteroatoms. The van der Waals surface area contributed by atoms with Gasteiger partial charge in [-0.1, -0.05) is 0 Å². The molecule has 3 aromatic rings. The van der Waals surface area contributed by atoms with Gasteiger partial charge >= 0.3 is 0 Å². The Morgan fingerprint density at radius 1 is 1.12 bits per heavy atom. The molecule has 0 amide bonds. The zero-order valence-electron chi connectivity index (χ0n) is 18.5. The number of nitrogens with one attached hydrogen (secondary N) is 1. The number of hydrogen-bond donors (Lipinski definition) is 1. The molecule has 170 valence electrons. The second-order valence-electron chi connectivity index (χ2n) is 9.11. The van der Waals surface area contributed by atoms with Gasteiger partial charge in [0.15, 0.2) is 0 Å². The number of fused-ring (bicyclic) bond motifs is 3. The maximum atomic E-state index is 6.62. The van der Waals surface area contributed by atoms with Gasteiger partial charge in [0.1, 0.15) is 10.9 Å². The van der Waals surface area contributed by atoms with E-state index in [9.17, 15) is 0 Å². The van der Waals surface area contributed by atoms with Gasteiger partial charge in [-0.15, -0.1) is 11.3 Å². The highest BCUT2D eigenvalue weighted by atomic mass is 32.1. The molecule has 0 bridgehead atoms. The second kappa shape index (κ2) is 8.61. The van der Waals surface area contributed by atoms with Gasteiger partial charge in [-0.25, -0.2) is 4.98 Å². The standard InChI is InChI=1S/C23H30N6O2S/c1-28-14-15(13-24-28)25-23-26-21(20-18-3-2-4-19(18)32-22(20)27-23)31-17-7-5-16(6-8-17)29-9-11-30-12-10-29/h13-14,16-17H,2-12H2,1H3,(H,25,26,27). The van der Waals surface area contributed by atoms with Gasteiger partial charge in [0, 0.05) is 37.3 Å². The molecule has 1 aliphatic heterocycles. The van der Waals surface area contributed by atoms with Crippen LogP contribution in [0.3, 0.4) is 0 Å². The fourth-order valence-electron chi connectivity index (χ4n) is 5.35. The lowest BCUT2D eigenvalue weighted by Gasteiger charge is -2.38. The Hall–Kier alpha value is -2.23. The summed E-state index contributed by atoms with van der Waals surface area (Å²) in [7, 11) is 1.90. The molecular formula is C23H30N6O2S. The number of morpholine rings is 1. The van der Waals surface area contributed by atoms with Gasteiger partial charge in [-0.05, 0) is 50.5 Å². The van der Waals surface area contributed by atoms with Crippen LogP contribution in [0.25, 0.3) is 10.2 Å². The molecule has 32 heavy (non-hydrogen) atoms. The van der Waals surface area contributed by atoms with Crippen molar-refractivity contribution >= 4 is 33.2 Å². The molecule has 0 spiro atoms. The van der Waals surface area contributed by atoms with Gasteiger partial charge < -0.3 is 14.8 Å². The van der Waals surface area contributed by atoms with E-state index in [0.717, 1.165) is 73.8 Å². The van der Waals surface area contributed by atoms with Crippen LogP contribution in [0.2, 0.25) is 0 Å². The van der Waals surface area contributed by atoms with E-state index in [1.165, 1.54) is 29.7 Å². The van der Waals surface area contributed by atoms with E-state index in [1.54, 1.807) is 22.2 Å². The number of ether oxygens (including phenoxy) is 2. The van der Waals surface area contributed by atoms with Crippen molar-refractivity contribution in [3.05, 3.63) is 22.8 Å². The molecule has 4 heterocycles. The van der Waals surface area contributed by atoms with Gasteiger partial charge in [0.25, 0.3) is 0 Å². The lowest BCUT2D eigenvalue weighted by atomic mass is 9.91. The first-order chi connectivity index (χ1) is 15.7. The average molecular weight is 455 g/mol. The Kier molecular flexibility index (Phi) is 5.48. The molecule has 3 aromatic heterocycles. The fourth-order valence-corrected chi connectivity index (χ4v) is 6.60. The minimum Gasteiger partial charge on any atom is -0.474 e. The largest absolute Gasteiger partial charge is 0.474 e. The maximum absolute atomic E-state index is 6.62. The minimum atomic E-state index is 0.216. The number of nitrogens with zero attached hydrogens (tertiary/aromatic N) is 5. The zero-order chi connectivity index (χ0) is 21.5. The van der Waals surface area contributed by atoms with Gasteiger partial charge in [0.05, 0.1) is 30.5 Å². The third-order valence-corrected chi connectivity index (χ3v) is 8.16. The summed E-state index contributed by atoms with van der Waals surface area (Å²) in [5.74, 6) is 1.35. The predicted octanol–water partition coefficient (Wildman–Crippen LogP) is 3.68. The SMILES string of the molecule is Cn1cc(Nc2nc(OC3CCC(N4CCOCC4)CC3)c3c4c(sc3n2)CCC4)cn1. The number of anilines is 2. The monoisotopic (exact) mass is 454 g/mol. The predicted molar refractivity (Wildman–Crippen MR) is 125 cm³/mol. The summed E-state index contributed by atoms with van der Waals surface area (Å²) in [5.41, 5.74) is 2.29. The number of aromatic nitrogens is 4. The molecule has 8 nitrogen and oxygen atoms in total. The number of hydrogen-bond acceptors (Lipinski definition) is 8. The molecule has 0 aromatic carbocycles. The van der Waals surface area contributed by atoms with Crippen LogP contribution in [0, 0.1) is 0 Å². The van der Waals surface area contributed by atoms with E-state index in [0.29, 0.717) is 12.0 Å². The molecule has 0 unspecified atom stereocenters. The molecule has 1 N–H and O–H groups in total. The van der Waals surface area contributed by atoms with Crippen molar-refractivity contribution in [3.8, 4) is 5.88 Å². The fraction of sp³-hybridized carbons (Fsp3) is 0.609. The molecule has 1 saturated heterocycles. The number of thiophene rings is 1. The summed E-state index contributed by atoms with van der Waals surface area (Å²) >= 11 is 1.80. The van der Waals surface area contributed by atoms with Crippen LogP contribution in [-0.2, 0) is 24.6 Å². The second-order valence-corrected chi connectivity index (χ2v) is 10.2. The molecular weight excluding hydrogens is 424 g/mol. The lowest BCUT2D eigenvalue weighted by Crippen LogP contribution is -2.46. The van der Waals surface area contributed by atoms with E-state index < -0.39 is 0 Å². The van der Waals surface area contributed by atoms with Crippen LogP contribution in [0.15, 0.2) is 12.4 Å². The highest BCUT2D eigenvalue weighted by molar-refractivity contribution is 7.19. The van der Waals surface area contributed by atoms with Crippen molar-refractivity contribution in [3.63, 3.8) is 0 Å². The minimum absolute atomic E-state index is 0.216. The summed E-state index contributed by atoms with van der Waals surface area (Å²) in [6.07, 6.45) is 11.9. The number of rotatable bonds is 5. The Morgan fingerprint density at radius 3 is 2.75 bits per heavy atom. The van der Waals surface area contributed by atoms with Crippen LogP contribution in [0.4, 0.5) is 11.6 Å². The zero-order valence-corrected chi connectivity index (χ0v) is 19.4. The average Bonchev–Trinajstić information content (AvgIpc) is 3.51. The van der Waals surface area contributed by atoms with Crippen LogP contribution in [0.5, 0.6) is 5.88 Å². The van der Waals surface area contributed by atoms with Crippen molar-refractivity contribution in [2.24, 2.45) is 7.05 Å². The van der Waals surface area contributed by atoms with Gasteiger partial charge in [-0.2, -0.15) is 10.1 Å². The van der Waals surface area contributed by atoms with E-state index in [1.807, 2.05) is 13.2 Å². The Bertz CT molecular complexity index is 1100. The van der Waals surface area contributed by atoms with Crippen molar-refractivity contribution < 1.29 is 9.47 Å². The summed E-state index contributed by atoms with van der Waals surface area (Å²) in [6, 6.07) is 0.664. The summed E-state index contributed by atoms with van der Waals surface area (Å²) in [4.78, 5) is 14.8. The smallest absolute Gasteiger partial charge is 0.232 e. The molecule has 2 aliphatic carbocycles. The highest BCUT2D eigenvalue weighted by Crippen LogP contribution is 2.42. The summed E-state index contributed by atoms with van der Waals surface area (Å²) in [5, 5.41) is 8.70. The Balaban J connectivity index is 1.23. The van der Waals surface area contributed by atoms with Crippen LogP contribution in [0.1, 0.15) is 42.5 Å². The summed E-state index contributed by atoms with van der Waals surface area (Å²) in [6.45, 7) is 3.86. The van der Waals surface area contributed by atoms with Crippen LogP contribution >= 0.6 is 11.3 Å². The van der Waals surface area contributed by atoms with Crippen molar-refractivity contribution in [2.45, 2.75) is 57.1 Å². The molecule has 0 atom stereocenters. The van der Waals surface area contributed by atoms with Crippen LogP contribution < -0.4 is 10.1 Å². The Morgan fingerprint density at radius 2 is 1.97 bits per heavy atom. The topological polar surface area (TPSA) is 77.3 Å². The highest BCUT2D eigenvalue weighted by Gasteiger charge is 2.30. The lowest BCUT2D eigenvalue weighted by molar-refractivity contribution is -0.00124. The van der Waals surface area contributed by atoms with E-state index >= 15 is 0 Å². The van der Waals surface area contributed by atoms with Crippen LogP contribution in [-0.4, -0.2) is 63.1 Å². The molecule has 6 rings (SSSR count). The van der Waals surface area contributed by atoms with E-state index in [4.69, 9.17) is 19.4 Å². The van der Waals surface area contributed by atoms with Gasteiger partial charge in [-0.3, -0.25) is 9.58 Å². The molecule has 3 aliphatic rings. The molecule has 1 saturated carbocycles. The van der Waals surface area contributed by atoms with Crippen molar-refractivity contribution in [2.75, 3.05) is 31.6 Å². The first-order valence-electron chi connectivity index (χ1n) is 11.8. The first kappa shape index (κ1) is 20.4. The normalized spacial score (nSPS) is 24.0. The van der Waals surface area contributed by atoms with Gasteiger partial charge in [0.2, 0.25) is 11.8 Å². The van der Waals surface area contributed by atoms with E-state index in [2.05, 4.69) is 15.3 Å². The molecule has 2 fully saturated rings.